The molecule has 3 aromatic carbocycles. The first kappa shape index (κ1) is 30.1. The van der Waals surface area contributed by atoms with Gasteiger partial charge in [0, 0.05) is 37.9 Å². The Bertz CT molecular complexity index is 1720. The maximum absolute atomic E-state index is 6.34. The van der Waals surface area contributed by atoms with E-state index < -0.39 is 8.07 Å². The number of rotatable bonds is 4. The van der Waals surface area contributed by atoms with E-state index in [2.05, 4.69) is 73.2 Å². The van der Waals surface area contributed by atoms with Gasteiger partial charge in [-0.15, -0.1) is 54.1 Å². The summed E-state index contributed by atoms with van der Waals surface area (Å²) >= 11 is 0. The van der Waals surface area contributed by atoms with Crippen molar-refractivity contribution in [2.45, 2.75) is 57.7 Å². The normalized spacial score (nSPS) is 13.8. The van der Waals surface area contributed by atoms with Crippen LogP contribution in [0.3, 0.4) is 0 Å². The van der Waals surface area contributed by atoms with E-state index in [-0.39, 0.29) is 20.1 Å². The van der Waals surface area contributed by atoms with Gasteiger partial charge in [-0.2, -0.15) is 0 Å². The summed E-state index contributed by atoms with van der Waals surface area (Å²) in [5.41, 5.74) is 7.23. The molecule has 7 rings (SSSR count). The van der Waals surface area contributed by atoms with Crippen molar-refractivity contribution < 1.29 is 24.5 Å². The first-order chi connectivity index (χ1) is 20.0. The van der Waals surface area contributed by atoms with E-state index in [1.807, 2.05) is 54.7 Å². The zero-order valence-electron chi connectivity index (χ0n) is 24.5. The van der Waals surface area contributed by atoms with Crippen LogP contribution in [0.1, 0.15) is 43.6 Å². The second-order valence-corrected chi connectivity index (χ2v) is 17.0. The molecule has 215 valence electrons. The molecular weight excluding hydrogens is 709 g/mol. The Kier molecular flexibility index (Phi) is 9.52. The first-order valence-electron chi connectivity index (χ1n) is 14.7. The minimum Gasteiger partial charge on any atom is -0.501 e. The van der Waals surface area contributed by atoms with Gasteiger partial charge >= 0.3 is 0 Å². The zero-order chi connectivity index (χ0) is 28.2. The Morgan fingerprint density at radius 1 is 0.738 bits per heavy atom. The number of pyridine rings is 2. The fourth-order valence-corrected chi connectivity index (χ4v) is 6.91. The van der Waals surface area contributed by atoms with E-state index in [0.717, 1.165) is 33.7 Å². The second-order valence-electron chi connectivity index (χ2n) is 12.0. The molecule has 1 radical (unpaired) electrons. The van der Waals surface area contributed by atoms with Gasteiger partial charge in [0.1, 0.15) is 5.58 Å². The Morgan fingerprint density at radius 3 is 2.29 bits per heavy atom. The van der Waals surface area contributed by atoms with Gasteiger partial charge in [0.25, 0.3) is 0 Å². The molecule has 0 N–H and O–H groups in total. The standard InChI is InChI=1S/C26H28NOSi.C11H8N.Ir/c1-29(2,3)20-12-13-25-23(17-20)21-10-7-11-22(26(21)28-25)24-16-19(14-15-27-24)18-8-5-4-6-9-18;1-2-6-10(7-3-1)11-8-4-5-9-12-11;/h7,10,12-18H,4-6,8-9H2,1-3H3;1-6,8-9H;/q2*-1;. The van der Waals surface area contributed by atoms with Gasteiger partial charge < -0.3 is 14.4 Å². The topological polar surface area (TPSA) is 38.9 Å². The average molecular weight is 745 g/mol. The maximum atomic E-state index is 6.34. The number of furan rings is 1. The fraction of sp³-hybridized carbons (Fsp3) is 0.243. The number of aromatic nitrogens is 2. The van der Waals surface area contributed by atoms with Gasteiger partial charge in [0.2, 0.25) is 0 Å². The van der Waals surface area contributed by atoms with Crippen molar-refractivity contribution in [1.29, 1.82) is 0 Å². The predicted molar refractivity (Wildman–Crippen MR) is 173 cm³/mol. The van der Waals surface area contributed by atoms with Gasteiger partial charge in [-0.25, -0.2) is 0 Å². The third-order valence-electron chi connectivity index (χ3n) is 8.06. The number of benzene rings is 3. The molecule has 42 heavy (non-hydrogen) atoms. The van der Waals surface area contributed by atoms with Crippen molar-refractivity contribution >= 4 is 35.2 Å². The second kappa shape index (κ2) is 13.3. The molecule has 5 heteroatoms. The molecule has 1 fully saturated rings. The smallest absolute Gasteiger partial charge is 0.120 e. The maximum Gasteiger partial charge on any atom is 0.120 e. The van der Waals surface area contributed by atoms with Crippen LogP contribution in [0.15, 0.2) is 102 Å². The molecule has 0 spiro atoms. The monoisotopic (exact) mass is 745 g/mol. The molecule has 0 atom stereocenters. The minimum atomic E-state index is -1.38. The largest absolute Gasteiger partial charge is 0.501 e. The molecule has 1 aliphatic rings. The molecular formula is C37H36IrN2OSi-2. The van der Waals surface area contributed by atoms with Crippen molar-refractivity contribution in [1.82, 2.24) is 9.97 Å². The fourth-order valence-electron chi connectivity index (χ4n) is 5.75. The van der Waals surface area contributed by atoms with Crippen LogP contribution in [-0.4, -0.2) is 18.0 Å². The molecule has 0 amide bonds. The SMILES string of the molecule is C[Si](C)(C)c1ccc2oc3c(-c4cc(C5CCCCC5)ccn4)[c-]ccc3c2c1.[Ir].[c-]1ccccc1-c1ccccn1. The average Bonchev–Trinajstić information content (AvgIpc) is 3.41. The number of nitrogens with zero attached hydrogens (tertiary/aromatic N) is 2. The molecule has 1 saturated carbocycles. The number of fused-ring (bicyclic) bond motifs is 3. The van der Waals surface area contributed by atoms with Crippen LogP contribution in [-0.2, 0) is 20.1 Å². The minimum absolute atomic E-state index is 0. The molecule has 0 aliphatic heterocycles. The molecule has 0 bridgehead atoms. The summed E-state index contributed by atoms with van der Waals surface area (Å²) < 4.78 is 6.34. The van der Waals surface area contributed by atoms with Gasteiger partial charge in [0.05, 0.1) is 13.7 Å². The number of hydrogen-bond acceptors (Lipinski definition) is 3. The molecule has 1 aliphatic carbocycles. The van der Waals surface area contributed by atoms with Crippen LogP contribution in [0.5, 0.6) is 0 Å². The van der Waals surface area contributed by atoms with Crippen LogP contribution in [0.2, 0.25) is 19.6 Å². The van der Waals surface area contributed by atoms with E-state index in [1.54, 1.807) is 6.20 Å². The Morgan fingerprint density at radius 2 is 1.55 bits per heavy atom. The van der Waals surface area contributed by atoms with Gasteiger partial charge in [0.15, 0.2) is 0 Å². The van der Waals surface area contributed by atoms with Gasteiger partial charge in [-0.05, 0) is 48.3 Å². The first-order valence-corrected chi connectivity index (χ1v) is 18.2. The van der Waals surface area contributed by atoms with Crippen molar-refractivity contribution in [3.63, 3.8) is 0 Å². The summed E-state index contributed by atoms with van der Waals surface area (Å²) in [6, 6.07) is 35.5. The summed E-state index contributed by atoms with van der Waals surface area (Å²) in [5, 5.41) is 3.83. The predicted octanol–water partition coefficient (Wildman–Crippen LogP) is 9.59. The van der Waals surface area contributed by atoms with Crippen LogP contribution in [0, 0.1) is 12.1 Å². The van der Waals surface area contributed by atoms with Crippen LogP contribution < -0.4 is 5.19 Å². The summed E-state index contributed by atoms with van der Waals surface area (Å²) in [4.78, 5) is 8.91. The van der Waals surface area contributed by atoms with E-state index in [0.29, 0.717) is 5.92 Å². The van der Waals surface area contributed by atoms with E-state index in [4.69, 9.17) is 9.40 Å². The summed E-state index contributed by atoms with van der Waals surface area (Å²) in [6.07, 6.45) is 10.4. The molecule has 3 heterocycles. The van der Waals surface area contributed by atoms with Gasteiger partial charge in [-0.3, -0.25) is 0 Å². The molecule has 3 nitrogen and oxygen atoms in total. The molecule has 6 aromatic rings. The van der Waals surface area contributed by atoms with Crippen LogP contribution in [0.25, 0.3) is 44.5 Å². The van der Waals surface area contributed by atoms with E-state index >= 15 is 0 Å². The Labute approximate surface area is 263 Å². The zero-order valence-corrected chi connectivity index (χ0v) is 27.9. The third kappa shape index (κ3) is 6.65. The van der Waals surface area contributed by atoms with Crippen molar-refractivity contribution in [2.24, 2.45) is 0 Å². The third-order valence-corrected chi connectivity index (χ3v) is 10.1. The van der Waals surface area contributed by atoms with Crippen molar-refractivity contribution in [3.05, 3.63) is 115 Å². The quantitative estimate of drug-likeness (QED) is 0.133. The Hall–Kier alpha value is -3.37. The van der Waals surface area contributed by atoms with Crippen LogP contribution >= 0.6 is 0 Å². The Balaban J connectivity index is 0.000000228. The summed E-state index contributed by atoms with van der Waals surface area (Å²) in [7, 11) is -1.38. The van der Waals surface area contributed by atoms with E-state index in [1.165, 1.54) is 53.6 Å². The number of hydrogen-bond donors (Lipinski definition) is 0. The molecule has 0 saturated heterocycles. The van der Waals surface area contributed by atoms with Crippen molar-refractivity contribution in [2.75, 3.05) is 0 Å². The van der Waals surface area contributed by atoms with Crippen molar-refractivity contribution in [3.8, 4) is 22.5 Å². The molecule has 0 unspecified atom stereocenters. The van der Waals surface area contributed by atoms with E-state index in [9.17, 15) is 0 Å². The summed E-state index contributed by atoms with van der Waals surface area (Å²) in [6.45, 7) is 7.16. The molecule has 3 aromatic heterocycles. The van der Waals surface area contributed by atoms with Gasteiger partial charge in [-0.1, -0.05) is 90.9 Å². The summed E-state index contributed by atoms with van der Waals surface area (Å²) in [5.74, 6) is 0.666. The van der Waals surface area contributed by atoms with Crippen LogP contribution in [0.4, 0.5) is 0 Å².